The van der Waals surface area contributed by atoms with Gasteiger partial charge in [-0.05, 0) is 37.3 Å². The van der Waals surface area contributed by atoms with Crippen LogP contribution in [0.5, 0.6) is 11.5 Å². The normalized spacial score (nSPS) is 11.9. The Balaban J connectivity index is 2.53. The third-order valence-electron chi connectivity index (χ3n) is 4.05. The zero-order chi connectivity index (χ0) is 21.8. The summed E-state index contributed by atoms with van der Waals surface area (Å²) in [5.74, 6) is 0.644. The molecule has 0 spiro atoms. The molecule has 0 bridgehead atoms. The molecule has 0 aliphatic heterocycles. The fourth-order valence-corrected chi connectivity index (χ4v) is 4.53. The minimum atomic E-state index is -4.03. The zero-order valence-electron chi connectivity index (χ0n) is 16.9. The second-order valence-corrected chi connectivity index (χ2v) is 9.98. The number of rotatable bonds is 9. The van der Waals surface area contributed by atoms with Crippen molar-refractivity contribution < 1.29 is 26.3 Å². The van der Waals surface area contributed by atoms with E-state index >= 15 is 0 Å². The average molecular weight is 444 g/mol. The van der Waals surface area contributed by atoms with Crippen LogP contribution in [0, 0.1) is 0 Å². The lowest BCUT2D eigenvalue weighted by atomic mass is 10.2. The van der Waals surface area contributed by atoms with E-state index in [0.29, 0.717) is 18.0 Å². The van der Waals surface area contributed by atoms with Crippen LogP contribution in [0.15, 0.2) is 46.2 Å². The van der Waals surface area contributed by atoms with Crippen LogP contribution in [0.1, 0.15) is 6.92 Å². The Bertz CT molecular complexity index is 1080. The first-order chi connectivity index (χ1) is 13.6. The number of sulfonamides is 2. The monoisotopic (exact) mass is 443 g/mol. The lowest BCUT2D eigenvalue weighted by molar-refractivity contribution is 0.354. The van der Waals surface area contributed by atoms with Gasteiger partial charge in [0.05, 0.1) is 35.4 Å². The molecule has 0 heterocycles. The zero-order valence-corrected chi connectivity index (χ0v) is 18.5. The van der Waals surface area contributed by atoms with Crippen LogP contribution in [-0.2, 0) is 20.0 Å². The van der Waals surface area contributed by atoms with E-state index in [4.69, 9.17) is 9.47 Å². The van der Waals surface area contributed by atoms with Crippen molar-refractivity contribution in [2.75, 3.05) is 44.9 Å². The fraction of sp³-hybridized carbons (Fsp3) is 0.333. The minimum absolute atomic E-state index is 0.0332. The number of nitrogens with one attached hydrogen (secondary N) is 2. The molecule has 0 fully saturated rings. The Morgan fingerprint density at radius 3 is 2.03 bits per heavy atom. The molecule has 0 saturated carbocycles. The summed E-state index contributed by atoms with van der Waals surface area (Å²) in [5.41, 5.74) is 0.568. The van der Waals surface area contributed by atoms with Gasteiger partial charge in [0.15, 0.2) is 11.5 Å². The van der Waals surface area contributed by atoms with Crippen LogP contribution in [-0.4, -0.2) is 56.0 Å². The van der Waals surface area contributed by atoms with E-state index in [9.17, 15) is 16.8 Å². The van der Waals surface area contributed by atoms with E-state index in [1.165, 1.54) is 64.7 Å². The minimum Gasteiger partial charge on any atom is -0.493 e. The summed E-state index contributed by atoms with van der Waals surface area (Å²) in [4.78, 5) is -0.0902. The lowest BCUT2D eigenvalue weighted by Crippen LogP contribution is -2.22. The number of ether oxygens (including phenoxy) is 2. The van der Waals surface area contributed by atoms with Gasteiger partial charge in [0.25, 0.3) is 10.0 Å². The third kappa shape index (κ3) is 4.92. The predicted molar refractivity (Wildman–Crippen MR) is 112 cm³/mol. The van der Waals surface area contributed by atoms with Crippen molar-refractivity contribution in [1.82, 2.24) is 4.31 Å². The van der Waals surface area contributed by atoms with Crippen LogP contribution < -0.4 is 19.5 Å². The number of nitrogens with zero attached hydrogens (tertiary/aromatic N) is 1. The van der Waals surface area contributed by atoms with Gasteiger partial charge in [-0.15, -0.1) is 0 Å². The van der Waals surface area contributed by atoms with E-state index in [0.717, 1.165) is 4.31 Å². The highest BCUT2D eigenvalue weighted by Crippen LogP contribution is 2.32. The molecule has 0 saturated heterocycles. The molecule has 2 rings (SSSR count). The van der Waals surface area contributed by atoms with Crippen molar-refractivity contribution in [2.24, 2.45) is 0 Å². The SMILES string of the molecule is CCNc1ccc(S(=O)(=O)N(C)C)cc1NS(=O)(=O)c1ccc(OC)c(OC)c1. The van der Waals surface area contributed by atoms with Gasteiger partial charge in [0.2, 0.25) is 10.0 Å². The highest BCUT2D eigenvalue weighted by Gasteiger charge is 2.22. The van der Waals surface area contributed by atoms with Gasteiger partial charge in [-0.1, -0.05) is 0 Å². The van der Waals surface area contributed by atoms with Gasteiger partial charge in [-0.25, -0.2) is 21.1 Å². The molecule has 160 valence electrons. The molecule has 0 aliphatic carbocycles. The van der Waals surface area contributed by atoms with Crippen LogP contribution >= 0.6 is 0 Å². The third-order valence-corrected chi connectivity index (χ3v) is 7.22. The number of benzene rings is 2. The Labute approximate surface area is 171 Å². The Morgan fingerprint density at radius 1 is 0.862 bits per heavy atom. The number of hydrogen-bond acceptors (Lipinski definition) is 7. The fourth-order valence-electron chi connectivity index (χ4n) is 2.51. The predicted octanol–water partition coefficient (Wildman–Crippen LogP) is 2.19. The summed E-state index contributed by atoms with van der Waals surface area (Å²) in [6, 6.07) is 8.40. The largest absolute Gasteiger partial charge is 0.493 e. The maximum absolute atomic E-state index is 12.9. The number of anilines is 2. The highest BCUT2D eigenvalue weighted by atomic mass is 32.2. The Kier molecular flexibility index (Phi) is 6.98. The van der Waals surface area contributed by atoms with Crippen molar-refractivity contribution >= 4 is 31.4 Å². The first-order valence-electron chi connectivity index (χ1n) is 8.62. The van der Waals surface area contributed by atoms with E-state index in [1.54, 1.807) is 0 Å². The van der Waals surface area contributed by atoms with Gasteiger partial charge in [-0.2, -0.15) is 0 Å². The summed E-state index contributed by atoms with van der Waals surface area (Å²) in [6.45, 7) is 2.36. The van der Waals surface area contributed by atoms with E-state index < -0.39 is 20.0 Å². The maximum atomic E-state index is 12.9. The topological polar surface area (TPSA) is 114 Å². The molecule has 11 heteroatoms. The summed E-state index contributed by atoms with van der Waals surface area (Å²) in [7, 11) is -2.11. The van der Waals surface area contributed by atoms with Gasteiger partial charge in [-0.3, -0.25) is 4.72 Å². The van der Waals surface area contributed by atoms with Crippen molar-refractivity contribution in [1.29, 1.82) is 0 Å². The molecule has 2 aromatic carbocycles. The van der Waals surface area contributed by atoms with Crippen LogP contribution in [0.4, 0.5) is 11.4 Å². The van der Waals surface area contributed by atoms with Crippen LogP contribution in [0.2, 0.25) is 0 Å². The van der Waals surface area contributed by atoms with Crippen molar-refractivity contribution in [3.8, 4) is 11.5 Å². The second kappa shape index (κ2) is 8.89. The number of hydrogen-bond donors (Lipinski definition) is 2. The highest BCUT2D eigenvalue weighted by molar-refractivity contribution is 7.92. The standard InChI is InChI=1S/C18H25N3O6S2/c1-6-19-15-9-7-14(29(24,25)21(2)3)11-16(15)20-28(22,23)13-8-10-17(26-4)18(12-13)27-5/h7-12,19-20H,6H2,1-5H3. The number of methoxy groups -OCH3 is 2. The van der Waals surface area contributed by atoms with Crippen molar-refractivity contribution in [3.05, 3.63) is 36.4 Å². The van der Waals surface area contributed by atoms with Gasteiger partial charge < -0.3 is 14.8 Å². The lowest BCUT2D eigenvalue weighted by Gasteiger charge is -2.17. The molecule has 2 N–H and O–H groups in total. The molecule has 0 aliphatic rings. The molecule has 29 heavy (non-hydrogen) atoms. The molecular weight excluding hydrogens is 418 g/mol. The molecule has 0 unspecified atom stereocenters. The summed E-state index contributed by atoms with van der Waals surface area (Å²) >= 11 is 0. The van der Waals surface area contributed by atoms with Crippen LogP contribution in [0.25, 0.3) is 0 Å². The van der Waals surface area contributed by atoms with Crippen molar-refractivity contribution in [3.63, 3.8) is 0 Å². The molecule has 0 atom stereocenters. The van der Waals surface area contributed by atoms with Crippen molar-refractivity contribution in [2.45, 2.75) is 16.7 Å². The molecule has 0 radical (unpaired) electrons. The summed E-state index contributed by atoms with van der Waals surface area (Å²) in [6.07, 6.45) is 0. The van der Waals surface area contributed by atoms with Gasteiger partial charge in [0, 0.05) is 26.7 Å². The smallest absolute Gasteiger partial charge is 0.262 e. The van der Waals surface area contributed by atoms with Gasteiger partial charge >= 0.3 is 0 Å². The molecular formula is C18H25N3O6S2. The van der Waals surface area contributed by atoms with E-state index in [1.807, 2.05) is 6.92 Å². The second-order valence-electron chi connectivity index (χ2n) is 6.15. The van der Waals surface area contributed by atoms with Gasteiger partial charge in [0.1, 0.15) is 0 Å². The average Bonchev–Trinajstić information content (AvgIpc) is 2.68. The molecule has 9 nitrogen and oxygen atoms in total. The quantitative estimate of drug-likeness (QED) is 0.611. The van der Waals surface area contributed by atoms with Crippen LogP contribution in [0.3, 0.4) is 0 Å². The first kappa shape index (κ1) is 22.8. The maximum Gasteiger partial charge on any atom is 0.262 e. The van der Waals surface area contributed by atoms with E-state index in [-0.39, 0.29) is 21.2 Å². The molecule has 2 aromatic rings. The molecule has 0 aromatic heterocycles. The van der Waals surface area contributed by atoms with E-state index in [2.05, 4.69) is 10.0 Å². The first-order valence-corrected chi connectivity index (χ1v) is 11.5. The Morgan fingerprint density at radius 2 is 1.48 bits per heavy atom. The Hall–Kier alpha value is -2.50. The summed E-state index contributed by atoms with van der Waals surface area (Å²) in [5, 5.41) is 3.02. The summed E-state index contributed by atoms with van der Waals surface area (Å²) < 4.78 is 64.5. The molecule has 0 amide bonds.